The Hall–Kier alpha value is -2.89. The van der Waals surface area contributed by atoms with Gasteiger partial charge in [-0.05, 0) is 30.7 Å². The standard InChI is InChI=1S/C19H19FN2O3/c1-2-21-19(24)16-11-13-7-3-5-9-15(13)22(16)18(23)12-25-17-10-6-4-8-14(17)20/h3-10,16H,2,11-12H2,1H3,(H,21,24). The van der Waals surface area contributed by atoms with Gasteiger partial charge < -0.3 is 10.1 Å². The van der Waals surface area contributed by atoms with Gasteiger partial charge in [0.2, 0.25) is 5.91 Å². The average Bonchev–Trinajstić information content (AvgIpc) is 3.01. The van der Waals surface area contributed by atoms with Crippen LogP contribution in [0, 0.1) is 5.82 Å². The lowest BCUT2D eigenvalue weighted by Gasteiger charge is -2.24. The van der Waals surface area contributed by atoms with Crippen LogP contribution < -0.4 is 15.0 Å². The summed E-state index contributed by atoms with van der Waals surface area (Å²) >= 11 is 0. The molecule has 2 aromatic carbocycles. The molecule has 25 heavy (non-hydrogen) atoms. The van der Waals surface area contributed by atoms with Crippen molar-refractivity contribution in [3.05, 3.63) is 59.9 Å². The molecule has 2 aromatic rings. The van der Waals surface area contributed by atoms with Gasteiger partial charge in [-0.25, -0.2) is 4.39 Å². The maximum absolute atomic E-state index is 13.6. The molecule has 1 aliphatic rings. The summed E-state index contributed by atoms with van der Waals surface area (Å²) in [5.41, 5.74) is 1.62. The zero-order valence-electron chi connectivity index (χ0n) is 13.9. The molecular formula is C19H19FN2O3. The third-order valence-electron chi connectivity index (χ3n) is 4.09. The fraction of sp³-hybridized carbons (Fsp3) is 0.263. The molecule has 1 N–H and O–H groups in total. The van der Waals surface area contributed by atoms with Crippen molar-refractivity contribution in [3.8, 4) is 5.75 Å². The summed E-state index contributed by atoms with van der Waals surface area (Å²) in [7, 11) is 0. The maximum atomic E-state index is 13.6. The van der Waals surface area contributed by atoms with Crippen LogP contribution in [0.2, 0.25) is 0 Å². The first kappa shape index (κ1) is 17.0. The summed E-state index contributed by atoms with van der Waals surface area (Å²) in [6, 6.07) is 12.7. The Morgan fingerprint density at radius 3 is 2.68 bits per heavy atom. The Bertz CT molecular complexity index is 794. The average molecular weight is 342 g/mol. The number of anilines is 1. The number of hydrogen-bond acceptors (Lipinski definition) is 3. The molecule has 5 nitrogen and oxygen atoms in total. The molecule has 0 aliphatic carbocycles. The van der Waals surface area contributed by atoms with E-state index in [1.807, 2.05) is 25.1 Å². The molecule has 0 spiro atoms. The van der Waals surface area contributed by atoms with Crippen LogP contribution >= 0.6 is 0 Å². The summed E-state index contributed by atoms with van der Waals surface area (Å²) in [6.45, 7) is 1.97. The lowest BCUT2D eigenvalue weighted by atomic mass is 10.1. The van der Waals surface area contributed by atoms with Crippen molar-refractivity contribution < 1.29 is 18.7 Å². The molecular weight excluding hydrogens is 323 g/mol. The SMILES string of the molecule is CCNC(=O)C1Cc2ccccc2N1C(=O)COc1ccccc1F. The van der Waals surface area contributed by atoms with Crippen LogP contribution in [0.4, 0.5) is 10.1 Å². The third kappa shape index (κ3) is 3.47. The number of benzene rings is 2. The number of carbonyl (C=O) groups excluding carboxylic acids is 2. The van der Waals surface area contributed by atoms with E-state index in [1.165, 1.54) is 17.0 Å². The minimum Gasteiger partial charge on any atom is -0.481 e. The fourth-order valence-corrected chi connectivity index (χ4v) is 2.97. The number of hydrogen-bond donors (Lipinski definition) is 1. The van der Waals surface area contributed by atoms with Crippen LogP contribution in [-0.4, -0.2) is 31.0 Å². The minimum atomic E-state index is -0.617. The number of halogens is 1. The molecule has 6 heteroatoms. The van der Waals surface area contributed by atoms with Gasteiger partial charge in [0, 0.05) is 18.7 Å². The second kappa shape index (κ2) is 7.34. The van der Waals surface area contributed by atoms with E-state index in [4.69, 9.17) is 4.74 Å². The van der Waals surface area contributed by atoms with Crippen LogP contribution in [0.5, 0.6) is 5.75 Å². The summed E-state index contributed by atoms with van der Waals surface area (Å²) in [6.07, 6.45) is 0.452. The zero-order valence-corrected chi connectivity index (χ0v) is 13.9. The molecule has 0 bridgehead atoms. The molecule has 1 aliphatic heterocycles. The van der Waals surface area contributed by atoms with Gasteiger partial charge in [-0.2, -0.15) is 0 Å². The molecule has 0 fully saturated rings. The highest BCUT2D eigenvalue weighted by atomic mass is 19.1. The first-order valence-electron chi connectivity index (χ1n) is 8.16. The van der Waals surface area contributed by atoms with Crippen LogP contribution in [0.25, 0.3) is 0 Å². The molecule has 130 valence electrons. The van der Waals surface area contributed by atoms with Crippen molar-refractivity contribution in [2.45, 2.75) is 19.4 Å². The van der Waals surface area contributed by atoms with Gasteiger partial charge in [0.25, 0.3) is 5.91 Å². The molecule has 0 aromatic heterocycles. The van der Waals surface area contributed by atoms with Crippen LogP contribution in [-0.2, 0) is 16.0 Å². The highest BCUT2D eigenvalue weighted by molar-refractivity contribution is 6.04. The van der Waals surface area contributed by atoms with E-state index in [1.54, 1.807) is 18.2 Å². The second-order valence-corrected chi connectivity index (χ2v) is 5.73. The lowest BCUT2D eigenvalue weighted by molar-refractivity contribution is -0.127. The van der Waals surface area contributed by atoms with Gasteiger partial charge in [0.05, 0.1) is 0 Å². The summed E-state index contributed by atoms with van der Waals surface area (Å²) < 4.78 is 19.0. The summed E-state index contributed by atoms with van der Waals surface area (Å²) in [5.74, 6) is -1.11. The van der Waals surface area contributed by atoms with Crippen molar-refractivity contribution in [2.24, 2.45) is 0 Å². The third-order valence-corrected chi connectivity index (χ3v) is 4.09. The van der Waals surface area contributed by atoms with Crippen LogP contribution in [0.1, 0.15) is 12.5 Å². The number of nitrogens with one attached hydrogen (secondary N) is 1. The van der Waals surface area contributed by atoms with Crippen LogP contribution in [0.15, 0.2) is 48.5 Å². The van der Waals surface area contributed by atoms with Gasteiger partial charge >= 0.3 is 0 Å². The largest absolute Gasteiger partial charge is 0.481 e. The van der Waals surface area contributed by atoms with Crippen molar-refractivity contribution in [1.29, 1.82) is 0 Å². The predicted octanol–water partition coefficient (Wildman–Crippen LogP) is 2.30. The predicted molar refractivity (Wildman–Crippen MR) is 92.0 cm³/mol. The van der Waals surface area contributed by atoms with E-state index < -0.39 is 11.9 Å². The van der Waals surface area contributed by atoms with Gasteiger partial charge in [-0.15, -0.1) is 0 Å². The number of fused-ring (bicyclic) bond motifs is 1. The van der Waals surface area contributed by atoms with Crippen LogP contribution in [0.3, 0.4) is 0 Å². The monoisotopic (exact) mass is 342 g/mol. The van der Waals surface area contributed by atoms with Crippen molar-refractivity contribution >= 4 is 17.5 Å². The summed E-state index contributed by atoms with van der Waals surface area (Å²) in [4.78, 5) is 26.5. The maximum Gasteiger partial charge on any atom is 0.265 e. The Kier molecular flexibility index (Phi) is 4.97. The number of ether oxygens (including phenoxy) is 1. The smallest absolute Gasteiger partial charge is 0.265 e. The van der Waals surface area contributed by atoms with E-state index >= 15 is 0 Å². The molecule has 3 rings (SSSR count). The van der Waals surface area contributed by atoms with E-state index in [9.17, 15) is 14.0 Å². The van der Waals surface area contributed by atoms with Crippen molar-refractivity contribution in [3.63, 3.8) is 0 Å². The van der Waals surface area contributed by atoms with Gasteiger partial charge in [0.15, 0.2) is 18.2 Å². The molecule has 1 unspecified atom stereocenters. The van der Waals surface area contributed by atoms with Crippen molar-refractivity contribution in [2.75, 3.05) is 18.1 Å². The molecule has 1 atom stereocenters. The quantitative estimate of drug-likeness (QED) is 0.907. The zero-order chi connectivity index (χ0) is 17.8. The first-order valence-corrected chi connectivity index (χ1v) is 8.16. The Morgan fingerprint density at radius 1 is 1.20 bits per heavy atom. The minimum absolute atomic E-state index is 0.0119. The molecule has 2 amide bonds. The highest BCUT2D eigenvalue weighted by Crippen LogP contribution is 2.32. The second-order valence-electron chi connectivity index (χ2n) is 5.73. The molecule has 0 radical (unpaired) electrons. The normalized spacial score (nSPS) is 15.6. The van der Waals surface area contributed by atoms with E-state index in [2.05, 4.69) is 5.32 Å². The van der Waals surface area contributed by atoms with E-state index in [0.29, 0.717) is 18.7 Å². The molecule has 0 saturated heterocycles. The Morgan fingerprint density at radius 2 is 1.92 bits per heavy atom. The fourth-order valence-electron chi connectivity index (χ4n) is 2.97. The number of nitrogens with zero attached hydrogens (tertiary/aromatic N) is 1. The van der Waals surface area contributed by atoms with Gasteiger partial charge in [-0.1, -0.05) is 30.3 Å². The van der Waals surface area contributed by atoms with Gasteiger partial charge in [-0.3, -0.25) is 14.5 Å². The lowest BCUT2D eigenvalue weighted by Crippen LogP contribution is -2.49. The van der Waals surface area contributed by atoms with E-state index in [0.717, 1.165) is 5.56 Å². The van der Waals surface area contributed by atoms with Gasteiger partial charge in [0.1, 0.15) is 6.04 Å². The number of rotatable bonds is 5. The Labute approximate surface area is 145 Å². The number of carbonyl (C=O) groups is 2. The first-order chi connectivity index (χ1) is 12.1. The number of likely N-dealkylation sites (N-methyl/N-ethyl adjacent to an activating group) is 1. The van der Waals surface area contributed by atoms with E-state index in [-0.39, 0.29) is 24.2 Å². The number of amides is 2. The topological polar surface area (TPSA) is 58.6 Å². The number of para-hydroxylation sites is 2. The highest BCUT2D eigenvalue weighted by Gasteiger charge is 2.38. The molecule has 1 heterocycles. The van der Waals surface area contributed by atoms with Crippen molar-refractivity contribution in [1.82, 2.24) is 5.32 Å². The summed E-state index contributed by atoms with van der Waals surface area (Å²) in [5, 5.41) is 2.76. The molecule has 0 saturated carbocycles. The Balaban J connectivity index is 1.80.